The number of benzene rings is 2. The molecule has 0 bridgehead atoms. The fourth-order valence-electron chi connectivity index (χ4n) is 2.57. The van der Waals surface area contributed by atoms with Gasteiger partial charge in [-0.2, -0.15) is 5.10 Å². The largest absolute Gasteiger partial charge is 0.493 e. The summed E-state index contributed by atoms with van der Waals surface area (Å²) in [6.07, 6.45) is 1.97. The smallest absolute Gasteiger partial charge is 0.136 e. The lowest BCUT2D eigenvalue weighted by Gasteiger charge is -2.08. The second kappa shape index (κ2) is 7.77. The van der Waals surface area contributed by atoms with E-state index in [1.165, 1.54) is 6.07 Å². The van der Waals surface area contributed by atoms with Crippen molar-refractivity contribution in [3.8, 4) is 17.0 Å². The molecule has 0 aliphatic carbocycles. The molecule has 0 radical (unpaired) electrons. The highest BCUT2D eigenvalue weighted by atomic mass is 79.9. The molecule has 0 spiro atoms. The van der Waals surface area contributed by atoms with Crippen molar-refractivity contribution in [1.29, 1.82) is 0 Å². The van der Waals surface area contributed by atoms with E-state index in [2.05, 4.69) is 31.4 Å². The Morgan fingerprint density at radius 2 is 2.08 bits per heavy atom. The number of H-pyrrole nitrogens is 1. The van der Waals surface area contributed by atoms with Crippen LogP contribution in [0.2, 0.25) is 0 Å². The molecule has 1 heterocycles. The second-order valence-corrected chi connectivity index (χ2v) is 6.48. The van der Waals surface area contributed by atoms with Crippen LogP contribution in [0.5, 0.6) is 5.75 Å². The molecular weight excluding hydrogens is 373 g/mol. The summed E-state index contributed by atoms with van der Waals surface area (Å²) in [6, 6.07) is 10.7. The van der Waals surface area contributed by atoms with E-state index >= 15 is 0 Å². The minimum Gasteiger partial charge on any atom is -0.493 e. The molecule has 0 saturated heterocycles. The first kappa shape index (κ1) is 16.9. The minimum absolute atomic E-state index is 0.334. The highest BCUT2D eigenvalue weighted by molar-refractivity contribution is 9.10. The van der Waals surface area contributed by atoms with E-state index in [9.17, 15) is 4.39 Å². The first-order chi connectivity index (χ1) is 11.7. The van der Waals surface area contributed by atoms with E-state index in [0.29, 0.717) is 23.6 Å². The number of rotatable bonds is 7. The molecule has 2 N–H and O–H groups in total. The SMILES string of the molecule is CNCCCCOc1ccc(-c2n[nH]c3cc(Br)ccc23)c(F)c1. The molecule has 0 aliphatic heterocycles. The minimum atomic E-state index is -0.334. The van der Waals surface area contributed by atoms with Crippen molar-refractivity contribution in [2.24, 2.45) is 0 Å². The molecule has 0 fully saturated rings. The van der Waals surface area contributed by atoms with Gasteiger partial charge in [-0.15, -0.1) is 0 Å². The Morgan fingerprint density at radius 1 is 1.21 bits per heavy atom. The van der Waals surface area contributed by atoms with Crippen molar-refractivity contribution in [2.75, 3.05) is 20.2 Å². The molecule has 3 rings (SSSR count). The van der Waals surface area contributed by atoms with Crippen LogP contribution in [0.15, 0.2) is 40.9 Å². The van der Waals surface area contributed by atoms with Gasteiger partial charge in [-0.3, -0.25) is 5.10 Å². The number of fused-ring (bicyclic) bond motifs is 1. The lowest BCUT2D eigenvalue weighted by atomic mass is 10.1. The lowest BCUT2D eigenvalue weighted by molar-refractivity contribution is 0.305. The van der Waals surface area contributed by atoms with Gasteiger partial charge in [-0.1, -0.05) is 15.9 Å². The number of aromatic amines is 1. The quantitative estimate of drug-likeness (QED) is 0.582. The van der Waals surface area contributed by atoms with Crippen molar-refractivity contribution in [1.82, 2.24) is 15.5 Å². The van der Waals surface area contributed by atoms with Crippen LogP contribution in [0.1, 0.15) is 12.8 Å². The molecule has 4 nitrogen and oxygen atoms in total. The van der Waals surface area contributed by atoms with Crippen LogP contribution in [0.3, 0.4) is 0 Å². The van der Waals surface area contributed by atoms with Gasteiger partial charge >= 0.3 is 0 Å². The van der Waals surface area contributed by atoms with E-state index in [1.54, 1.807) is 12.1 Å². The molecule has 0 aliphatic rings. The van der Waals surface area contributed by atoms with E-state index < -0.39 is 0 Å². The second-order valence-electron chi connectivity index (χ2n) is 5.56. The van der Waals surface area contributed by atoms with E-state index in [4.69, 9.17) is 4.74 Å². The molecule has 2 aromatic carbocycles. The predicted molar refractivity (Wildman–Crippen MR) is 97.8 cm³/mol. The molecule has 1 aromatic heterocycles. The predicted octanol–water partition coefficient (Wildman–Crippen LogP) is 4.51. The molecule has 0 saturated carbocycles. The van der Waals surface area contributed by atoms with Gasteiger partial charge in [0, 0.05) is 21.5 Å². The summed E-state index contributed by atoms with van der Waals surface area (Å²) < 4.78 is 21.1. The number of nitrogens with zero attached hydrogens (tertiary/aromatic N) is 1. The Balaban J connectivity index is 1.76. The first-order valence-electron chi connectivity index (χ1n) is 7.90. The third-order valence-electron chi connectivity index (χ3n) is 3.81. The summed E-state index contributed by atoms with van der Waals surface area (Å²) in [7, 11) is 1.92. The summed E-state index contributed by atoms with van der Waals surface area (Å²) in [6.45, 7) is 1.54. The number of unbranched alkanes of at least 4 members (excludes halogenated alkanes) is 1. The van der Waals surface area contributed by atoms with Gasteiger partial charge in [0.2, 0.25) is 0 Å². The average Bonchev–Trinajstić information content (AvgIpc) is 2.97. The monoisotopic (exact) mass is 391 g/mol. The maximum atomic E-state index is 14.5. The summed E-state index contributed by atoms with van der Waals surface area (Å²) in [4.78, 5) is 0. The lowest BCUT2D eigenvalue weighted by Crippen LogP contribution is -2.09. The zero-order chi connectivity index (χ0) is 16.9. The van der Waals surface area contributed by atoms with Gasteiger partial charge in [0.1, 0.15) is 17.3 Å². The normalized spacial score (nSPS) is 11.1. The van der Waals surface area contributed by atoms with E-state index in [0.717, 1.165) is 34.8 Å². The van der Waals surface area contributed by atoms with Crippen molar-refractivity contribution in [2.45, 2.75) is 12.8 Å². The summed E-state index contributed by atoms with van der Waals surface area (Å²) in [5.74, 6) is 0.210. The van der Waals surface area contributed by atoms with Crippen LogP contribution in [0.4, 0.5) is 4.39 Å². The van der Waals surface area contributed by atoms with Crippen LogP contribution >= 0.6 is 15.9 Å². The maximum Gasteiger partial charge on any atom is 0.136 e. The van der Waals surface area contributed by atoms with Crippen LogP contribution in [-0.4, -0.2) is 30.4 Å². The number of halogens is 2. The average molecular weight is 392 g/mol. The van der Waals surface area contributed by atoms with Crippen molar-refractivity contribution >= 4 is 26.8 Å². The molecular formula is C18H19BrFN3O. The van der Waals surface area contributed by atoms with Gasteiger partial charge in [0.25, 0.3) is 0 Å². The fraction of sp³-hybridized carbons (Fsp3) is 0.278. The molecule has 0 unspecified atom stereocenters. The van der Waals surface area contributed by atoms with Gasteiger partial charge < -0.3 is 10.1 Å². The van der Waals surface area contributed by atoms with Crippen LogP contribution < -0.4 is 10.1 Å². The molecule has 6 heteroatoms. The molecule has 0 amide bonds. The number of nitrogens with one attached hydrogen (secondary N) is 2. The number of hydrogen-bond acceptors (Lipinski definition) is 3. The topological polar surface area (TPSA) is 49.9 Å². The summed E-state index contributed by atoms with van der Waals surface area (Å²) >= 11 is 3.42. The highest BCUT2D eigenvalue weighted by Crippen LogP contribution is 2.31. The molecule has 24 heavy (non-hydrogen) atoms. The Morgan fingerprint density at radius 3 is 2.88 bits per heavy atom. The first-order valence-corrected chi connectivity index (χ1v) is 8.69. The maximum absolute atomic E-state index is 14.5. The Hall–Kier alpha value is -1.92. The van der Waals surface area contributed by atoms with Gasteiger partial charge in [0.05, 0.1) is 12.1 Å². The van der Waals surface area contributed by atoms with Crippen LogP contribution in [0, 0.1) is 5.82 Å². The third-order valence-corrected chi connectivity index (χ3v) is 4.30. The number of hydrogen-bond donors (Lipinski definition) is 2. The fourth-order valence-corrected chi connectivity index (χ4v) is 2.93. The Labute approximate surface area is 148 Å². The highest BCUT2D eigenvalue weighted by Gasteiger charge is 2.13. The summed E-state index contributed by atoms with van der Waals surface area (Å²) in [5.41, 5.74) is 1.94. The third kappa shape index (κ3) is 3.76. The Kier molecular flexibility index (Phi) is 5.48. The van der Waals surface area contributed by atoms with E-state index in [1.807, 2.05) is 25.2 Å². The molecule has 126 valence electrons. The van der Waals surface area contributed by atoms with Crippen molar-refractivity contribution in [3.63, 3.8) is 0 Å². The van der Waals surface area contributed by atoms with Crippen LogP contribution in [-0.2, 0) is 0 Å². The molecule has 3 aromatic rings. The number of ether oxygens (including phenoxy) is 1. The van der Waals surface area contributed by atoms with Crippen molar-refractivity contribution < 1.29 is 9.13 Å². The van der Waals surface area contributed by atoms with Crippen molar-refractivity contribution in [3.05, 3.63) is 46.7 Å². The zero-order valence-corrected chi connectivity index (χ0v) is 15.0. The Bertz CT molecular complexity index is 834. The van der Waals surface area contributed by atoms with Crippen LogP contribution in [0.25, 0.3) is 22.2 Å². The van der Waals surface area contributed by atoms with Gasteiger partial charge in [-0.25, -0.2) is 4.39 Å². The van der Waals surface area contributed by atoms with Gasteiger partial charge in [0.15, 0.2) is 0 Å². The van der Waals surface area contributed by atoms with E-state index in [-0.39, 0.29) is 5.82 Å². The molecule has 0 atom stereocenters. The standard InChI is InChI=1S/C18H19BrFN3O/c1-21-8-2-3-9-24-13-5-7-14(16(20)11-13)18-15-6-4-12(19)10-17(15)22-23-18/h4-7,10-11,21H,2-3,8-9H2,1H3,(H,22,23). The van der Waals surface area contributed by atoms with Gasteiger partial charge in [-0.05, 0) is 56.8 Å². The number of aromatic nitrogens is 2. The summed E-state index contributed by atoms with van der Waals surface area (Å²) in [5, 5.41) is 11.2. The zero-order valence-electron chi connectivity index (χ0n) is 13.4.